The molecule has 0 saturated heterocycles. The lowest BCUT2D eigenvalue weighted by Gasteiger charge is -2.07. The van der Waals surface area contributed by atoms with E-state index in [-0.39, 0.29) is 11.6 Å². The monoisotopic (exact) mass is 283 g/mol. The predicted octanol–water partition coefficient (Wildman–Crippen LogP) is 2.86. The van der Waals surface area contributed by atoms with Crippen molar-refractivity contribution in [3.05, 3.63) is 47.7 Å². The summed E-state index contributed by atoms with van der Waals surface area (Å²) in [4.78, 5) is 0. The number of aromatic nitrogens is 2. The van der Waals surface area contributed by atoms with Gasteiger partial charge < -0.3 is 10.4 Å². The van der Waals surface area contributed by atoms with Gasteiger partial charge in [-0.1, -0.05) is 12.1 Å². The van der Waals surface area contributed by atoms with E-state index in [9.17, 15) is 13.2 Å². The summed E-state index contributed by atoms with van der Waals surface area (Å²) in [5, 5.41) is 18.6. The number of alkyl halides is 3. The van der Waals surface area contributed by atoms with Crippen LogP contribution in [0.5, 0.6) is 5.75 Å². The molecule has 0 saturated carbocycles. The maximum absolute atomic E-state index is 12.3. The molecule has 0 aliphatic rings. The van der Waals surface area contributed by atoms with E-state index >= 15 is 0 Å². The van der Waals surface area contributed by atoms with Crippen molar-refractivity contribution in [1.82, 2.24) is 10.2 Å². The van der Waals surface area contributed by atoms with Gasteiger partial charge in [-0.25, -0.2) is 0 Å². The van der Waals surface area contributed by atoms with Gasteiger partial charge >= 0.3 is 6.18 Å². The number of nitrogens with zero attached hydrogens (tertiary/aromatic N) is 2. The van der Waals surface area contributed by atoms with Gasteiger partial charge in [0.2, 0.25) is 0 Å². The summed E-state index contributed by atoms with van der Waals surface area (Å²) in [6.07, 6.45) is -3.82. The number of phenolic OH excluding ortho intramolecular Hbond substituents is 1. The maximum Gasteiger partial charge on any atom is 0.435 e. The zero-order valence-corrected chi connectivity index (χ0v) is 10.4. The van der Waals surface area contributed by atoms with Crippen LogP contribution in [0, 0.1) is 0 Å². The fourth-order valence-corrected chi connectivity index (χ4v) is 1.58. The van der Waals surface area contributed by atoms with Crippen LogP contribution in [0.2, 0.25) is 0 Å². The topological polar surface area (TPSA) is 58.0 Å². The second kappa shape index (κ2) is 5.77. The third kappa shape index (κ3) is 3.84. The molecule has 0 atom stereocenters. The molecule has 0 fully saturated rings. The highest BCUT2D eigenvalue weighted by Gasteiger charge is 2.32. The smallest absolute Gasteiger partial charge is 0.435 e. The van der Waals surface area contributed by atoms with E-state index in [1.165, 1.54) is 6.07 Å². The first-order chi connectivity index (χ1) is 9.45. The van der Waals surface area contributed by atoms with Crippen LogP contribution in [0.1, 0.15) is 11.3 Å². The zero-order chi connectivity index (χ0) is 14.6. The molecule has 2 N–H and O–H groups in total. The zero-order valence-electron chi connectivity index (χ0n) is 10.4. The molecule has 20 heavy (non-hydrogen) atoms. The first kappa shape index (κ1) is 14.1. The van der Waals surface area contributed by atoms with Crippen LogP contribution >= 0.6 is 0 Å². The molecule has 0 spiro atoms. The SMILES string of the molecule is Oc1ccc(CCNc2ccc(C(F)(F)F)nn2)cc1. The number of hydrogen-bond donors (Lipinski definition) is 2. The quantitative estimate of drug-likeness (QED) is 0.906. The van der Waals surface area contributed by atoms with Gasteiger partial charge in [0.05, 0.1) is 0 Å². The van der Waals surface area contributed by atoms with Gasteiger partial charge in [0.15, 0.2) is 5.69 Å². The van der Waals surface area contributed by atoms with Crippen molar-refractivity contribution >= 4 is 5.82 Å². The first-order valence-corrected chi connectivity index (χ1v) is 5.88. The molecule has 0 aliphatic carbocycles. The molecule has 1 aromatic heterocycles. The summed E-state index contributed by atoms with van der Waals surface area (Å²) in [7, 11) is 0. The van der Waals surface area contributed by atoms with Gasteiger partial charge in [0.25, 0.3) is 0 Å². The standard InChI is InChI=1S/C13H12F3N3O/c14-13(15,16)11-5-6-12(19-18-11)17-8-7-9-1-3-10(20)4-2-9/h1-6,20H,7-8H2,(H,17,19). The Morgan fingerprint density at radius 3 is 2.25 bits per heavy atom. The molecule has 0 aliphatic heterocycles. The van der Waals surface area contributed by atoms with E-state index in [2.05, 4.69) is 15.5 Å². The summed E-state index contributed by atoms with van der Waals surface area (Å²) in [6.45, 7) is 0.505. The molecule has 2 aromatic rings. The van der Waals surface area contributed by atoms with E-state index in [0.29, 0.717) is 13.0 Å². The molecule has 1 aromatic carbocycles. The van der Waals surface area contributed by atoms with Gasteiger partial charge in [0.1, 0.15) is 11.6 Å². The number of rotatable bonds is 4. The molecule has 106 valence electrons. The Hall–Kier alpha value is -2.31. The molecular formula is C13H12F3N3O. The van der Waals surface area contributed by atoms with Crippen molar-refractivity contribution in [1.29, 1.82) is 0 Å². The van der Waals surface area contributed by atoms with Crippen LogP contribution in [0.4, 0.5) is 19.0 Å². The molecule has 0 unspecified atom stereocenters. The van der Waals surface area contributed by atoms with Gasteiger partial charge in [0, 0.05) is 6.54 Å². The summed E-state index contributed by atoms with van der Waals surface area (Å²) >= 11 is 0. The average Bonchev–Trinajstić information content (AvgIpc) is 2.41. The Morgan fingerprint density at radius 1 is 1.00 bits per heavy atom. The van der Waals surface area contributed by atoms with Crippen LogP contribution in [-0.2, 0) is 12.6 Å². The van der Waals surface area contributed by atoms with Gasteiger partial charge in [-0.05, 0) is 36.2 Å². The van der Waals surface area contributed by atoms with Crippen LogP contribution < -0.4 is 5.32 Å². The number of halogens is 3. The number of aromatic hydroxyl groups is 1. The third-order valence-corrected chi connectivity index (χ3v) is 2.61. The predicted molar refractivity (Wildman–Crippen MR) is 67.3 cm³/mol. The highest BCUT2D eigenvalue weighted by atomic mass is 19.4. The molecular weight excluding hydrogens is 271 g/mol. The molecule has 7 heteroatoms. The van der Waals surface area contributed by atoms with E-state index < -0.39 is 11.9 Å². The first-order valence-electron chi connectivity index (χ1n) is 5.88. The Kier molecular flexibility index (Phi) is 4.07. The lowest BCUT2D eigenvalue weighted by atomic mass is 10.1. The number of hydrogen-bond acceptors (Lipinski definition) is 4. The number of nitrogens with one attached hydrogen (secondary N) is 1. The van der Waals surface area contributed by atoms with Crippen LogP contribution in [0.3, 0.4) is 0 Å². The number of benzene rings is 1. The Labute approximate surface area is 113 Å². The van der Waals surface area contributed by atoms with Crippen molar-refractivity contribution in [2.75, 3.05) is 11.9 Å². The number of phenols is 1. The van der Waals surface area contributed by atoms with Gasteiger partial charge in [-0.15, -0.1) is 10.2 Å². The summed E-state index contributed by atoms with van der Waals surface area (Å²) in [6, 6.07) is 8.83. The fourth-order valence-electron chi connectivity index (χ4n) is 1.58. The van der Waals surface area contributed by atoms with E-state index in [1.807, 2.05) is 0 Å². The fraction of sp³-hybridized carbons (Fsp3) is 0.231. The number of anilines is 1. The largest absolute Gasteiger partial charge is 0.508 e. The highest BCUT2D eigenvalue weighted by Crippen LogP contribution is 2.27. The minimum atomic E-state index is -4.47. The van der Waals surface area contributed by atoms with Crippen molar-refractivity contribution in [3.8, 4) is 5.75 Å². The van der Waals surface area contributed by atoms with Crippen molar-refractivity contribution in [2.45, 2.75) is 12.6 Å². The Bertz CT molecular complexity index is 553. The second-order valence-corrected chi connectivity index (χ2v) is 4.14. The normalized spacial score (nSPS) is 11.3. The summed E-state index contributed by atoms with van der Waals surface area (Å²) in [5.74, 6) is 0.479. The minimum absolute atomic E-state index is 0.190. The third-order valence-electron chi connectivity index (χ3n) is 2.61. The Morgan fingerprint density at radius 2 is 1.70 bits per heavy atom. The lowest BCUT2D eigenvalue weighted by molar-refractivity contribution is -0.141. The maximum atomic E-state index is 12.3. The highest BCUT2D eigenvalue weighted by molar-refractivity contribution is 5.34. The van der Waals surface area contributed by atoms with Crippen LogP contribution in [-0.4, -0.2) is 21.8 Å². The lowest BCUT2D eigenvalue weighted by Crippen LogP contribution is -2.11. The molecule has 4 nitrogen and oxygen atoms in total. The van der Waals surface area contributed by atoms with E-state index in [0.717, 1.165) is 11.6 Å². The van der Waals surface area contributed by atoms with Crippen molar-refractivity contribution in [3.63, 3.8) is 0 Å². The van der Waals surface area contributed by atoms with Crippen molar-refractivity contribution in [2.24, 2.45) is 0 Å². The Balaban J connectivity index is 1.87. The van der Waals surface area contributed by atoms with Crippen LogP contribution in [0.25, 0.3) is 0 Å². The second-order valence-electron chi connectivity index (χ2n) is 4.14. The average molecular weight is 283 g/mol. The molecule has 0 radical (unpaired) electrons. The van der Waals surface area contributed by atoms with E-state index in [1.54, 1.807) is 24.3 Å². The van der Waals surface area contributed by atoms with Crippen LogP contribution in [0.15, 0.2) is 36.4 Å². The minimum Gasteiger partial charge on any atom is -0.508 e. The molecule has 1 heterocycles. The van der Waals surface area contributed by atoms with Crippen molar-refractivity contribution < 1.29 is 18.3 Å². The molecule has 0 bridgehead atoms. The van der Waals surface area contributed by atoms with Gasteiger partial charge in [-0.3, -0.25) is 0 Å². The molecule has 0 amide bonds. The summed E-state index contributed by atoms with van der Waals surface area (Å²) in [5.41, 5.74) is -0.0169. The summed E-state index contributed by atoms with van der Waals surface area (Å²) < 4.78 is 36.8. The van der Waals surface area contributed by atoms with E-state index in [4.69, 9.17) is 5.11 Å². The van der Waals surface area contributed by atoms with Gasteiger partial charge in [-0.2, -0.15) is 13.2 Å². The molecule has 2 rings (SSSR count).